The van der Waals surface area contributed by atoms with E-state index in [1.54, 1.807) is 11.3 Å². The van der Waals surface area contributed by atoms with Crippen molar-refractivity contribution in [1.29, 1.82) is 0 Å². The van der Waals surface area contributed by atoms with E-state index in [0.717, 1.165) is 30.6 Å². The van der Waals surface area contributed by atoms with Gasteiger partial charge in [-0.2, -0.15) is 0 Å². The van der Waals surface area contributed by atoms with Crippen LogP contribution in [0.1, 0.15) is 77.7 Å². The highest BCUT2D eigenvalue weighted by atomic mass is 32.1. The molecular formula is C21H38O2SSi. The van der Waals surface area contributed by atoms with Crippen LogP contribution in [0.4, 0.5) is 0 Å². The Balaban J connectivity index is 2.81. The lowest BCUT2D eigenvalue weighted by atomic mass is 9.91. The number of allylic oxidation sites excluding steroid dienone is 2. The third-order valence-electron chi connectivity index (χ3n) is 5.97. The SMILES string of the molecule is CCC(CC)(CCC=C(C)c1csc(CO)c1)O[Si](CC)(CC)CC. The zero-order valence-corrected chi connectivity index (χ0v) is 19.0. The summed E-state index contributed by atoms with van der Waals surface area (Å²) < 4.78 is 6.96. The van der Waals surface area contributed by atoms with Crippen LogP contribution >= 0.6 is 11.3 Å². The quantitative estimate of drug-likeness (QED) is 0.394. The maximum absolute atomic E-state index is 9.24. The van der Waals surface area contributed by atoms with E-state index in [1.807, 2.05) is 0 Å². The average Bonchev–Trinajstić information content (AvgIpc) is 3.14. The van der Waals surface area contributed by atoms with Gasteiger partial charge in [0.25, 0.3) is 0 Å². The Labute approximate surface area is 160 Å². The minimum atomic E-state index is -1.58. The molecule has 0 saturated carbocycles. The van der Waals surface area contributed by atoms with Gasteiger partial charge in [-0.1, -0.05) is 40.7 Å². The second-order valence-electron chi connectivity index (χ2n) is 7.12. The Morgan fingerprint density at radius 1 is 1.16 bits per heavy atom. The first-order valence-electron chi connectivity index (χ1n) is 9.99. The molecule has 144 valence electrons. The third kappa shape index (κ3) is 6.06. The molecule has 0 amide bonds. The van der Waals surface area contributed by atoms with Gasteiger partial charge in [0, 0.05) is 4.88 Å². The van der Waals surface area contributed by atoms with Crippen LogP contribution in [0.5, 0.6) is 0 Å². The average molecular weight is 383 g/mol. The molecular weight excluding hydrogens is 344 g/mol. The molecule has 1 N–H and O–H groups in total. The minimum absolute atomic E-state index is 0.0376. The van der Waals surface area contributed by atoms with Crippen molar-refractivity contribution in [2.45, 2.75) is 97.6 Å². The van der Waals surface area contributed by atoms with Crippen molar-refractivity contribution in [3.05, 3.63) is 28.0 Å². The molecule has 0 aliphatic heterocycles. The normalized spacial score (nSPS) is 13.5. The zero-order chi connectivity index (χ0) is 18.9. The second-order valence-corrected chi connectivity index (χ2v) is 12.8. The predicted octanol–water partition coefficient (Wildman–Crippen LogP) is 7.00. The second kappa shape index (κ2) is 10.7. The van der Waals surface area contributed by atoms with E-state index in [9.17, 15) is 5.11 Å². The fraction of sp³-hybridized carbons (Fsp3) is 0.714. The first-order chi connectivity index (χ1) is 11.9. The van der Waals surface area contributed by atoms with Gasteiger partial charge in [0.1, 0.15) is 0 Å². The lowest BCUT2D eigenvalue weighted by Crippen LogP contribution is -2.46. The summed E-state index contributed by atoms with van der Waals surface area (Å²) in [5, 5.41) is 11.4. The van der Waals surface area contributed by atoms with Crippen LogP contribution in [-0.4, -0.2) is 19.0 Å². The molecule has 25 heavy (non-hydrogen) atoms. The summed E-state index contributed by atoms with van der Waals surface area (Å²) in [6.45, 7) is 13.8. The maximum atomic E-state index is 9.24. The number of hydrogen-bond donors (Lipinski definition) is 1. The lowest BCUT2D eigenvalue weighted by Gasteiger charge is -2.42. The Morgan fingerprint density at radius 2 is 1.76 bits per heavy atom. The number of hydrogen-bond acceptors (Lipinski definition) is 3. The highest BCUT2D eigenvalue weighted by Crippen LogP contribution is 2.35. The lowest BCUT2D eigenvalue weighted by molar-refractivity contribution is 0.0397. The van der Waals surface area contributed by atoms with Crippen molar-refractivity contribution in [3.8, 4) is 0 Å². The molecule has 0 aliphatic rings. The van der Waals surface area contributed by atoms with Gasteiger partial charge in [0.2, 0.25) is 0 Å². The molecule has 0 bridgehead atoms. The fourth-order valence-corrected chi connectivity index (χ4v) is 7.61. The Morgan fingerprint density at radius 3 is 2.20 bits per heavy atom. The van der Waals surface area contributed by atoms with Crippen molar-refractivity contribution >= 4 is 25.2 Å². The van der Waals surface area contributed by atoms with Crippen molar-refractivity contribution in [2.75, 3.05) is 0 Å². The predicted molar refractivity (Wildman–Crippen MR) is 115 cm³/mol. The molecule has 0 fully saturated rings. The maximum Gasteiger partial charge on any atom is 0.192 e. The standard InChI is InChI=1S/C21H38O2SSi/c1-7-21(8-2,23-25(9-3,10-4)11-5)14-12-13-18(6)19-15-20(16-22)24-17-19/h13,15,17,22H,7-12,14,16H2,1-6H3. The Kier molecular flexibility index (Phi) is 9.64. The van der Waals surface area contributed by atoms with Crippen LogP contribution in [0.2, 0.25) is 18.1 Å². The van der Waals surface area contributed by atoms with Crippen LogP contribution in [0.3, 0.4) is 0 Å². The van der Waals surface area contributed by atoms with Gasteiger partial charge in [0.15, 0.2) is 8.32 Å². The summed E-state index contributed by atoms with van der Waals surface area (Å²) in [7, 11) is -1.58. The van der Waals surface area contributed by atoms with Gasteiger partial charge in [-0.05, 0) is 73.3 Å². The van der Waals surface area contributed by atoms with Gasteiger partial charge >= 0.3 is 0 Å². The van der Waals surface area contributed by atoms with Crippen LogP contribution in [0.15, 0.2) is 17.5 Å². The van der Waals surface area contributed by atoms with Crippen molar-refractivity contribution in [1.82, 2.24) is 0 Å². The minimum Gasteiger partial charge on any atom is -0.411 e. The van der Waals surface area contributed by atoms with Gasteiger partial charge in [0.05, 0.1) is 12.2 Å². The van der Waals surface area contributed by atoms with E-state index in [0.29, 0.717) is 0 Å². The largest absolute Gasteiger partial charge is 0.411 e. The highest BCUT2D eigenvalue weighted by molar-refractivity contribution is 7.10. The molecule has 0 aromatic carbocycles. The van der Waals surface area contributed by atoms with E-state index >= 15 is 0 Å². The van der Waals surface area contributed by atoms with Gasteiger partial charge in [-0.25, -0.2) is 0 Å². The van der Waals surface area contributed by atoms with Crippen molar-refractivity contribution in [3.63, 3.8) is 0 Å². The third-order valence-corrected chi connectivity index (χ3v) is 11.6. The molecule has 0 saturated heterocycles. The summed E-state index contributed by atoms with van der Waals surface area (Å²) in [5.74, 6) is 0. The van der Waals surface area contributed by atoms with Crippen LogP contribution in [0.25, 0.3) is 5.57 Å². The van der Waals surface area contributed by atoms with Crippen molar-refractivity contribution in [2.24, 2.45) is 0 Å². The van der Waals surface area contributed by atoms with E-state index in [4.69, 9.17) is 4.43 Å². The fourth-order valence-electron chi connectivity index (χ4n) is 3.56. The summed E-state index contributed by atoms with van der Waals surface area (Å²) in [5.41, 5.74) is 2.59. The summed E-state index contributed by atoms with van der Waals surface area (Å²) in [4.78, 5) is 1.03. The van der Waals surface area contributed by atoms with Crippen LogP contribution in [-0.2, 0) is 11.0 Å². The van der Waals surface area contributed by atoms with Crippen LogP contribution < -0.4 is 0 Å². The molecule has 1 heterocycles. The van der Waals surface area contributed by atoms with E-state index in [-0.39, 0.29) is 12.2 Å². The first-order valence-corrected chi connectivity index (χ1v) is 13.4. The molecule has 0 radical (unpaired) electrons. The zero-order valence-electron chi connectivity index (χ0n) is 17.2. The monoisotopic (exact) mass is 382 g/mol. The highest BCUT2D eigenvalue weighted by Gasteiger charge is 2.38. The molecule has 0 aliphatic carbocycles. The van der Waals surface area contributed by atoms with E-state index in [2.05, 4.69) is 59.1 Å². The summed E-state index contributed by atoms with van der Waals surface area (Å²) >= 11 is 1.63. The summed E-state index contributed by atoms with van der Waals surface area (Å²) in [6.07, 6.45) is 6.69. The topological polar surface area (TPSA) is 29.5 Å². The van der Waals surface area contributed by atoms with E-state index < -0.39 is 8.32 Å². The van der Waals surface area contributed by atoms with Gasteiger partial charge in [-0.3, -0.25) is 0 Å². The number of rotatable bonds is 12. The smallest absolute Gasteiger partial charge is 0.192 e. The molecule has 2 nitrogen and oxygen atoms in total. The Hall–Kier alpha value is -0.423. The van der Waals surface area contributed by atoms with Gasteiger partial charge in [-0.15, -0.1) is 11.3 Å². The molecule has 1 rings (SSSR count). The summed E-state index contributed by atoms with van der Waals surface area (Å²) in [6, 6.07) is 5.75. The molecule has 1 aromatic rings. The van der Waals surface area contributed by atoms with Crippen molar-refractivity contribution < 1.29 is 9.53 Å². The number of thiophene rings is 1. The number of aliphatic hydroxyl groups excluding tert-OH is 1. The molecule has 0 spiro atoms. The van der Waals surface area contributed by atoms with Gasteiger partial charge < -0.3 is 9.53 Å². The Bertz CT molecular complexity index is 519. The molecule has 0 atom stereocenters. The first kappa shape index (κ1) is 22.6. The molecule has 4 heteroatoms. The molecule has 1 aromatic heterocycles. The molecule has 0 unspecified atom stereocenters. The van der Waals surface area contributed by atoms with E-state index in [1.165, 1.54) is 29.3 Å². The number of aliphatic hydroxyl groups is 1. The van der Waals surface area contributed by atoms with Crippen LogP contribution in [0, 0.1) is 0 Å².